The normalized spacial score (nSPS) is 12.0. The number of alkyl halides is 3. The molecule has 0 fully saturated rings. The van der Waals surface area contributed by atoms with Gasteiger partial charge in [-0.3, -0.25) is 14.0 Å². The number of hydrogen-bond acceptors (Lipinski definition) is 7. The Kier molecular flexibility index (Phi) is 5.31. The van der Waals surface area contributed by atoms with Crippen molar-refractivity contribution in [1.82, 2.24) is 29.5 Å². The molecule has 1 aromatic carbocycles. The number of hydrogen-bond donors (Lipinski definition) is 0. The lowest BCUT2D eigenvalue weighted by atomic mass is 10.1. The Morgan fingerprint density at radius 2 is 1.94 bits per heavy atom. The van der Waals surface area contributed by atoms with E-state index in [0.29, 0.717) is 10.2 Å². The van der Waals surface area contributed by atoms with Crippen LogP contribution in [-0.4, -0.2) is 29.5 Å². The molecule has 0 amide bonds. The monoisotopic (exact) mass is 486 g/mol. The summed E-state index contributed by atoms with van der Waals surface area (Å²) in [4.78, 5) is 22.4. The summed E-state index contributed by atoms with van der Waals surface area (Å²) in [5, 5.41) is 9.63. The van der Waals surface area contributed by atoms with Crippen molar-refractivity contribution in [3.05, 3.63) is 81.1 Å². The number of rotatable bonds is 5. The van der Waals surface area contributed by atoms with Gasteiger partial charge in [-0.15, -0.1) is 11.3 Å². The number of halogens is 3. The largest absolute Gasteiger partial charge is 0.435 e. The predicted molar refractivity (Wildman–Crippen MR) is 118 cm³/mol. The zero-order valence-corrected chi connectivity index (χ0v) is 18.8. The molecule has 0 saturated heterocycles. The molecular weight excluding hydrogens is 469 g/mol. The molecule has 12 heteroatoms. The molecular formula is C22H17F3N6O2S. The molecule has 0 bridgehead atoms. The molecule has 174 valence electrons. The minimum Gasteiger partial charge on any atom is -0.337 e. The number of benzene rings is 1. The average Bonchev–Trinajstić information content (AvgIpc) is 3.49. The van der Waals surface area contributed by atoms with Gasteiger partial charge in [0.15, 0.2) is 11.5 Å². The van der Waals surface area contributed by atoms with Gasteiger partial charge in [0.25, 0.3) is 5.56 Å². The topological polar surface area (TPSA) is 91.6 Å². The van der Waals surface area contributed by atoms with Crippen LogP contribution in [0.3, 0.4) is 0 Å². The van der Waals surface area contributed by atoms with Crippen molar-refractivity contribution in [3.63, 3.8) is 0 Å². The fourth-order valence-corrected chi connectivity index (χ4v) is 4.58. The van der Waals surface area contributed by atoms with Gasteiger partial charge in [-0.1, -0.05) is 35.0 Å². The highest BCUT2D eigenvalue weighted by molar-refractivity contribution is 7.17. The zero-order chi connectivity index (χ0) is 24.0. The highest BCUT2D eigenvalue weighted by atomic mass is 32.1. The Labute approximate surface area is 194 Å². The fraction of sp³-hybridized carbons (Fsp3) is 0.227. The molecule has 0 spiro atoms. The number of aromatic nitrogens is 6. The molecule has 0 unspecified atom stereocenters. The first-order chi connectivity index (χ1) is 16.2. The van der Waals surface area contributed by atoms with E-state index < -0.39 is 11.9 Å². The van der Waals surface area contributed by atoms with Crippen LogP contribution < -0.4 is 5.56 Å². The van der Waals surface area contributed by atoms with Gasteiger partial charge in [0.1, 0.15) is 11.4 Å². The van der Waals surface area contributed by atoms with Crippen LogP contribution in [-0.2, 0) is 26.2 Å². The van der Waals surface area contributed by atoms with Crippen molar-refractivity contribution in [1.29, 1.82) is 0 Å². The van der Waals surface area contributed by atoms with Crippen LogP contribution in [0.4, 0.5) is 13.2 Å². The quantitative estimate of drug-likeness (QED) is 0.370. The lowest BCUT2D eigenvalue weighted by Gasteiger charge is -2.04. The van der Waals surface area contributed by atoms with Crippen molar-refractivity contribution >= 4 is 21.6 Å². The fourth-order valence-electron chi connectivity index (χ4n) is 3.67. The van der Waals surface area contributed by atoms with E-state index in [0.717, 1.165) is 21.4 Å². The number of thiophene rings is 1. The van der Waals surface area contributed by atoms with Crippen molar-refractivity contribution in [2.24, 2.45) is 7.05 Å². The molecule has 8 nitrogen and oxygen atoms in total. The molecule has 4 aromatic heterocycles. The van der Waals surface area contributed by atoms with Crippen LogP contribution in [0.1, 0.15) is 28.5 Å². The Balaban J connectivity index is 1.43. The van der Waals surface area contributed by atoms with E-state index in [-0.39, 0.29) is 35.8 Å². The Morgan fingerprint density at radius 1 is 1.18 bits per heavy atom. The van der Waals surface area contributed by atoms with Crippen LogP contribution in [0.15, 0.2) is 51.5 Å². The first kappa shape index (κ1) is 22.0. The molecule has 4 heterocycles. The van der Waals surface area contributed by atoms with Crippen molar-refractivity contribution in [2.45, 2.75) is 26.1 Å². The third-order valence-electron chi connectivity index (χ3n) is 5.26. The second-order valence-corrected chi connectivity index (χ2v) is 8.69. The van der Waals surface area contributed by atoms with Gasteiger partial charge in [0.2, 0.25) is 5.89 Å². The van der Waals surface area contributed by atoms with Crippen molar-refractivity contribution in [3.8, 4) is 11.1 Å². The molecule has 5 rings (SSSR count). The van der Waals surface area contributed by atoms with Crippen LogP contribution in [0, 0.1) is 6.92 Å². The van der Waals surface area contributed by atoms with Crippen LogP contribution >= 0.6 is 11.3 Å². The summed E-state index contributed by atoms with van der Waals surface area (Å²) in [7, 11) is 1.41. The predicted octanol–water partition coefficient (Wildman–Crippen LogP) is 4.21. The van der Waals surface area contributed by atoms with E-state index in [1.54, 1.807) is 0 Å². The van der Waals surface area contributed by atoms with E-state index in [1.807, 2.05) is 36.6 Å². The standard InChI is InChI=1S/C22H17F3N6O2S/c1-12-3-5-13(6-4-12)15-10-34-20-18(15)21(32)31(11-26-20)9-17-27-16(29-33-17)7-14-8-30(2)28-19(14)22(23,24)25/h3-6,8,10-11H,7,9H2,1-2H3. The van der Waals surface area contributed by atoms with Gasteiger partial charge in [0.05, 0.1) is 11.7 Å². The molecule has 34 heavy (non-hydrogen) atoms. The lowest BCUT2D eigenvalue weighted by Crippen LogP contribution is -2.21. The molecule has 0 radical (unpaired) electrons. The minimum absolute atomic E-state index is 0.0584. The second kappa shape index (κ2) is 8.20. The van der Waals surface area contributed by atoms with E-state index in [9.17, 15) is 18.0 Å². The van der Waals surface area contributed by atoms with Gasteiger partial charge in [-0.25, -0.2) is 4.98 Å². The summed E-state index contributed by atoms with van der Waals surface area (Å²) >= 11 is 1.38. The molecule has 5 aromatic rings. The van der Waals surface area contributed by atoms with E-state index in [1.165, 1.54) is 35.5 Å². The second-order valence-electron chi connectivity index (χ2n) is 7.83. The van der Waals surface area contributed by atoms with E-state index in [2.05, 4.69) is 20.2 Å². The van der Waals surface area contributed by atoms with E-state index in [4.69, 9.17) is 4.52 Å². The van der Waals surface area contributed by atoms with Crippen molar-refractivity contribution in [2.75, 3.05) is 0 Å². The SMILES string of the molecule is Cc1ccc(-c2csc3ncn(Cc4nc(Cc5cn(C)nc5C(F)(F)F)no4)c(=O)c23)cc1. The molecule has 0 N–H and O–H groups in total. The maximum Gasteiger partial charge on any atom is 0.435 e. The van der Waals surface area contributed by atoms with Crippen LogP contribution in [0.25, 0.3) is 21.3 Å². The first-order valence-corrected chi connectivity index (χ1v) is 11.0. The summed E-state index contributed by atoms with van der Waals surface area (Å²) in [5.74, 6) is 0.147. The summed E-state index contributed by atoms with van der Waals surface area (Å²) in [6.45, 7) is 1.93. The van der Waals surface area contributed by atoms with Gasteiger partial charge >= 0.3 is 6.18 Å². The Hall–Kier alpha value is -3.80. The maximum atomic E-state index is 13.2. The minimum atomic E-state index is -4.59. The van der Waals surface area contributed by atoms with Crippen molar-refractivity contribution < 1.29 is 17.7 Å². The summed E-state index contributed by atoms with van der Waals surface area (Å²) in [6.07, 6.45) is -2.13. The third-order valence-corrected chi connectivity index (χ3v) is 6.15. The highest BCUT2D eigenvalue weighted by Gasteiger charge is 2.37. The van der Waals surface area contributed by atoms with Crippen LogP contribution in [0.2, 0.25) is 0 Å². The van der Waals surface area contributed by atoms with Gasteiger partial charge in [-0.2, -0.15) is 23.3 Å². The van der Waals surface area contributed by atoms with Gasteiger partial charge in [-0.05, 0) is 12.5 Å². The molecule has 0 aliphatic heterocycles. The Bertz CT molecular complexity index is 1550. The van der Waals surface area contributed by atoms with E-state index >= 15 is 0 Å². The zero-order valence-electron chi connectivity index (χ0n) is 18.0. The summed E-state index contributed by atoms with van der Waals surface area (Å²) in [6, 6.07) is 7.84. The maximum absolute atomic E-state index is 13.2. The summed E-state index contributed by atoms with van der Waals surface area (Å²) in [5.41, 5.74) is 1.48. The first-order valence-electron chi connectivity index (χ1n) is 10.1. The molecule has 0 aliphatic rings. The number of nitrogens with zero attached hydrogens (tertiary/aromatic N) is 6. The number of fused-ring (bicyclic) bond motifs is 1. The third kappa shape index (κ3) is 4.12. The molecule has 0 aliphatic carbocycles. The number of aryl methyl sites for hydroxylation is 2. The molecule has 0 saturated carbocycles. The van der Waals surface area contributed by atoms with Crippen LogP contribution in [0.5, 0.6) is 0 Å². The average molecular weight is 486 g/mol. The van der Waals surface area contributed by atoms with Gasteiger partial charge < -0.3 is 4.52 Å². The molecule has 0 atom stereocenters. The van der Waals surface area contributed by atoms with Gasteiger partial charge in [0, 0.05) is 36.2 Å². The lowest BCUT2D eigenvalue weighted by molar-refractivity contribution is -0.142. The smallest absolute Gasteiger partial charge is 0.337 e. The highest BCUT2D eigenvalue weighted by Crippen LogP contribution is 2.32. The Morgan fingerprint density at radius 3 is 2.68 bits per heavy atom. The summed E-state index contributed by atoms with van der Waals surface area (Å²) < 4.78 is 47.2.